The quantitative estimate of drug-likeness (QED) is 0.889. The van der Waals surface area contributed by atoms with Crippen LogP contribution in [0.1, 0.15) is 12.5 Å². The molecule has 1 rings (SSSR count). The summed E-state index contributed by atoms with van der Waals surface area (Å²) in [7, 11) is -3.82. The van der Waals surface area contributed by atoms with Crippen molar-refractivity contribution in [2.75, 3.05) is 6.61 Å². The molecule has 0 heterocycles. The standard InChI is InChI=1S/C10H12FNO4S/c1-2-16-10(13)12-17(14,15)7-8-3-5-9(11)6-4-8/h3-6H,2,7H2,1H3,(H,12,13). The van der Waals surface area contributed by atoms with Gasteiger partial charge in [0.15, 0.2) is 0 Å². The van der Waals surface area contributed by atoms with Crippen molar-refractivity contribution in [1.29, 1.82) is 0 Å². The van der Waals surface area contributed by atoms with Gasteiger partial charge in [-0.2, -0.15) is 0 Å². The number of sulfonamides is 1. The molecule has 0 unspecified atom stereocenters. The van der Waals surface area contributed by atoms with E-state index in [1.165, 1.54) is 12.1 Å². The largest absolute Gasteiger partial charge is 0.449 e. The lowest BCUT2D eigenvalue weighted by Crippen LogP contribution is -2.32. The van der Waals surface area contributed by atoms with Crippen LogP contribution in [0.25, 0.3) is 0 Å². The van der Waals surface area contributed by atoms with Gasteiger partial charge in [0, 0.05) is 0 Å². The van der Waals surface area contributed by atoms with Crippen LogP contribution >= 0.6 is 0 Å². The summed E-state index contributed by atoms with van der Waals surface area (Å²) in [5.74, 6) is -0.865. The normalized spacial score (nSPS) is 10.9. The first kappa shape index (κ1) is 13.4. The second-order valence-corrected chi connectivity index (χ2v) is 4.93. The number of amides is 1. The average Bonchev–Trinajstić information content (AvgIpc) is 2.20. The van der Waals surface area contributed by atoms with Gasteiger partial charge in [0.05, 0.1) is 12.4 Å². The number of carbonyl (C=O) groups excluding carboxylic acids is 1. The molecule has 1 aromatic carbocycles. The average molecular weight is 261 g/mol. The molecule has 0 aliphatic heterocycles. The molecule has 94 valence electrons. The van der Waals surface area contributed by atoms with E-state index in [0.29, 0.717) is 5.56 Å². The highest BCUT2D eigenvalue weighted by atomic mass is 32.2. The van der Waals surface area contributed by atoms with E-state index in [4.69, 9.17) is 0 Å². The highest BCUT2D eigenvalue weighted by Crippen LogP contribution is 2.06. The third kappa shape index (κ3) is 4.81. The van der Waals surface area contributed by atoms with Crippen molar-refractivity contribution in [3.05, 3.63) is 35.6 Å². The van der Waals surface area contributed by atoms with Crippen molar-refractivity contribution < 1.29 is 22.3 Å². The predicted octanol–water partition coefficient (Wildman–Crippen LogP) is 1.40. The lowest BCUT2D eigenvalue weighted by Gasteiger charge is -2.06. The summed E-state index contributed by atoms with van der Waals surface area (Å²) < 4.78 is 41.7. The second kappa shape index (κ2) is 5.62. The smallest absolute Gasteiger partial charge is 0.420 e. The van der Waals surface area contributed by atoms with E-state index in [2.05, 4.69) is 4.74 Å². The third-order valence-electron chi connectivity index (χ3n) is 1.78. The molecule has 1 N–H and O–H groups in total. The molecule has 0 aliphatic carbocycles. The topological polar surface area (TPSA) is 72.5 Å². The van der Waals surface area contributed by atoms with Crippen LogP contribution in [-0.4, -0.2) is 21.1 Å². The van der Waals surface area contributed by atoms with Crippen LogP contribution < -0.4 is 4.72 Å². The Kier molecular flexibility index (Phi) is 4.45. The lowest BCUT2D eigenvalue weighted by molar-refractivity contribution is 0.158. The monoisotopic (exact) mass is 261 g/mol. The zero-order valence-electron chi connectivity index (χ0n) is 9.14. The van der Waals surface area contributed by atoms with E-state index in [1.54, 1.807) is 11.6 Å². The number of hydrogen-bond acceptors (Lipinski definition) is 4. The molecular formula is C10H12FNO4S. The Hall–Kier alpha value is -1.63. The van der Waals surface area contributed by atoms with Gasteiger partial charge in [-0.1, -0.05) is 12.1 Å². The first-order valence-electron chi connectivity index (χ1n) is 4.84. The fourth-order valence-corrected chi connectivity index (χ4v) is 2.14. The van der Waals surface area contributed by atoms with Gasteiger partial charge in [-0.05, 0) is 24.6 Å². The van der Waals surface area contributed by atoms with Crippen molar-refractivity contribution in [3.8, 4) is 0 Å². The molecule has 17 heavy (non-hydrogen) atoms. The van der Waals surface area contributed by atoms with E-state index in [-0.39, 0.29) is 6.61 Å². The third-order valence-corrected chi connectivity index (χ3v) is 2.98. The summed E-state index contributed by atoms with van der Waals surface area (Å²) in [6.45, 7) is 1.64. The summed E-state index contributed by atoms with van der Waals surface area (Å²) >= 11 is 0. The van der Waals surface area contributed by atoms with Crippen LogP contribution in [0.15, 0.2) is 24.3 Å². The second-order valence-electron chi connectivity index (χ2n) is 3.21. The Morgan fingerprint density at radius 2 is 1.94 bits per heavy atom. The van der Waals surface area contributed by atoms with Gasteiger partial charge >= 0.3 is 6.09 Å². The molecule has 1 aromatic rings. The van der Waals surface area contributed by atoms with Gasteiger partial charge in [0.2, 0.25) is 10.0 Å². The van der Waals surface area contributed by atoms with E-state index in [0.717, 1.165) is 12.1 Å². The first-order valence-corrected chi connectivity index (χ1v) is 6.50. The van der Waals surface area contributed by atoms with Crippen molar-refractivity contribution in [2.45, 2.75) is 12.7 Å². The van der Waals surface area contributed by atoms with E-state index >= 15 is 0 Å². The van der Waals surface area contributed by atoms with Crippen LogP contribution in [0.3, 0.4) is 0 Å². The summed E-state index contributed by atoms with van der Waals surface area (Å²) in [5, 5.41) is 0. The van der Waals surface area contributed by atoms with Crippen LogP contribution in [-0.2, 0) is 20.5 Å². The van der Waals surface area contributed by atoms with Crippen LogP contribution in [0.4, 0.5) is 9.18 Å². The molecule has 0 aliphatic rings. The summed E-state index contributed by atoms with van der Waals surface area (Å²) in [4.78, 5) is 10.9. The van der Waals surface area contributed by atoms with Gasteiger partial charge in [-0.15, -0.1) is 0 Å². The van der Waals surface area contributed by atoms with Gasteiger partial charge in [-0.3, -0.25) is 0 Å². The number of benzene rings is 1. The van der Waals surface area contributed by atoms with Crippen LogP contribution in [0.5, 0.6) is 0 Å². The molecule has 0 saturated heterocycles. The molecular weight excluding hydrogens is 249 g/mol. The molecule has 0 aromatic heterocycles. The molecule has 0 atom stereocenters. The molecule has 0 bridgehead atoms. The maximum atomic E-state index is 12.6. The number of hydrogen-bond donors (Lipinski definition) is 1. The van der Waals surface area contributed by atoms with Gasteiger partial charge < -0.3 is 4.74 Å². The van der Waals surface area contributed by atoms with Crippen molar-refractivity contribution in [3.63, 3.8) is 0 Å². The number of nitrogens with one attached hydrogen (secondary N) is 1. The van der Waals surface area contributed by atoms with Crippen molar-refractivity contribution in [2.24, 2.45) is 0 Å². The van der Waals surface area contributed by atoms with Crippen molar-refractivity contribution in [1.82, 2.24) is 4.72 Å². The van der Waals surface area contributed by atoms with Gasteiger partial charge in [-0.25, -0.2) is 22.3 Å². The Labute approximate surface area is 98.6 Å². The van der Waals surface area contributed by atoms with E-state index < -0.39 is 27.7 Å². The van der Waals surface area contributed by atoms with Crippen LogP contribution in [0, 0.1) is 5.82 Å². The first-order chi connectivity index (χ1) is 7.93. The fraction of sp³-hybridized carbons (Fsp3) is 0.300. The zero-order valence-corrected chi connectivity index (χ0v) is 9.96. The SMILES string of the molecule is CCOC(=O)NS(=O)(=O)Cc1ccc(F)cc1. The molecule has 0 saturated carbocycles. The van der Waals surface area contributed by atoms with Crippen LogP contribution in [0.2, 0.25) is 0 Å². The number of rotatable bonds is 4. The van der Waals surface area contributed by atoms with E-state index in [1.807, 2.05) is 0 Å². The van der Waals surface area contributed by atoms with E-state index in [9.17, 15) is 17.6 Å². The molecule has 0 fully saturated rings. The minimum absolute atomic E-state index is 0.0813. The predicted molar refractivity (Wildman–Crippen MR) is 59.2 cm³/mol. The summed E-state index contributed by atoms with van der Waals surface area (Å²) in [6.07, 6.45) is -1.02. The molecule has 0 radical (unpaired) electrons. The Balaban J connectivity index is 2.66. The highest BCUT2D eigenvalue weighted by Gasteiger charge is 2.15. The van der Waals surface area contributed by atoms with Gasteiger partial charge in [0.1, 0.15) is 5.82 Å². The molecule has 0 spiro atoms. The number of carbonyl (C=O) groups is 1. The Bertz CT molecular complexity index is 484. The highest BCUT2D eigenvalue weighted by molar-refractivity contribution is 7.89. The number of ether oxygens (including phenoxy) is 1. The molecule has 7 heteroatoms. The maximum Gasteiger partial charge on any atom is 0.420 e. The molecule has 5 nitrogen and oxygen atoms in total. The van der Waals surface area contributed by atoms with Crippen molar-refractivity contribution >= 4 is 16.1 Å². The zero-order chi connectivity index (χ0) is 12.9. The Morgan fingerprint density at radius 1 is 1.35 bits per heavy atom. The lowest BCUT2D eigenvalue weighted by atomic mass is 10.2. The minimum Gasteiger partial charge on any atom is -0.449 e. The van der Waals surface area contributed by atoms with Gasteiger partial charge in [0.25, 0.3) is 0 Å². The molecule has 1 amide bonds. The maximum absolute atomic E-state index is 12.6. The fourth-order valence-electron chi connectivity index (χ4n) is 1.12. The summed E-state index contributed by atoms with van der Waals surface area (Å²) in [5.41, 5.74) is 0.378. The summed E-state index contributed by atoms with van der Waals surface area (Å²) in [6, 6.07) is 4.96. The number of halogens is 1. The minimum atomic E-state index is -3.82. The Morgan fingerprint density at radius 3 is 2.47 bits per heavy atom.